The number of rotatable bonds is 5. The summed E-state index contributed by atoms with van der Waals surface area (Å²) in [6.45, 7) is 4.00. The van der Waals surface area contributed by atoms with E-state index in [4.69, 9.17) is 5.11 Å². The fourth-order valence-corrected chi connectivity index (χ4v) is 1.41. The summed E-state index contributed by atoms with van der Waals surface area (Å²) in [5.74, 6) is -0.335. The van der Waals surface area contributed by atoms with Crippen LogP contribution < -0.4 is 5.32 Å². The second kappa shape index (κ2) is 5.78. The smallest absolute Gasteiger partial charge is 0.141 e. The summed E-state index contributed by atoms with van der Waals surface area (Å²) in [6, 6.07) is 1.49. The number of nitrogens with zero attached hydrogens (tertiary/aromatic N) is 1. The lowest BCUT2D eigenvalue weighted by Gasteiger charge is -2.20. The molecule has 0 spiro atoms. The van der Waals surface area contributed by atoms with Crippen molar-refractivity contribution in [2.75, 3.05) is 6.61 Å². The Bertz CT molecular complexity index is 302. The van der Waals surface area contributed by atoms with Crippen LogP contribution in [-0.4, -0.2) is 22.7 Å². The molecule has 3 nitrogen and oxygen atoms in total. The lowest BCUT2D eigenvalue weighted by Crippen LogP contribution is -2.33. The minimum atomic E-state index is -0.335. The van der Waals surface area contributed by atoms with E-state index in [1.165, 1.54) is 12.3 Å². The summed E-state index contributed by atoms with van der Waals surface area (Å²) in [4.78, 5) is 3.79. The summed E-state index contributed by atoms with van der Waals surface area (Å²) in [7, 11) is 0. The van der Waals surface area contributed by atoms with Crippen LogP contribution in [0.3, 0.4) is 0 Å². The second-order valence-electron chi connectivity index (χ2n) is 3.61. The Morgan fingerprint density at radius 1 is 1.53 bits per heavy atom. The van der Waals surface area contributed by atoms with Crippen molar-refractivity contribution < 1.29 is 9.50 Å². The number of nitrogens with one attached hydrogen (secondary N) is 1. The largest absolute Gasteiger partial charge is 0.395 e. The third kappa shape index (κ3) is 3.57. The average Bonchev–Trinajstić information content (AvgIpc) is 2.25. The molecule has 1 unspecified atom stereocenters. The molecule has 2 atom stereocenters. The van der Waals surface area contributed by atoms with Crippen LogP contribution in [0.4, 0.5) is 4.39 Å². The summed E-state index contributed by atoms with van der Waals surface area (Å²) in [5.41, 5.74) is 0.793. The Morgan fingerprint density at radius 2 is 2.27 bits per heavy atom. The van der Waals surface area contributed by atoms with Crippen molar-refractivity contribution in [1.29, 1.82) is 0 Å². The van der Waals surface area contributed by atoms with Gasteiger partial charge < -0.3 is 10.4 Å². The molecule has 0 aromatic carbocycles. The van der Waals surface area contributed by atoms with Gasteiger partial charge in [0.05, 0.1) is 12.8 Å². The highest BCUT2D eigenvalue weighted by atomic mass is 19.1. The molecule has 1 heterocycles. The summed E-state index contributed by atoms with van der Waals surface area (Å²) in [5, 5.41) is 12.2. The maximum Gasteiger partial charge on any atom is 0.141 e. The Kier molecular flexibility index (Phi) is 4.65. The standard InChI is InChI=1S/C11H17FN2O/c1-3-11(7-15)14-8(2)9-4-10(12)6-13-5-9/h4-6,8,11,14-15H,3,7H2,1-2H3/t8?,11-/m0/s1. The van der Waals surface area contributed by atoms with Gasteiger partial charge in [0.1, 0.15) is 5.82 Å². The van der Waals surface area contributed by atoms with Gasteiger partial charge in [-0.3, -0.25) is 4.98 Å². The van der Waals surface area contributed by atoms with E-state index >= 15 is 0 Å². The van der Waals surface area contributed by atoms with Gasteiger partial charge in [-0.25, -0.2) is 4.39 Å². The zero-order valence-electron chi connectivity index (χ0n) is 9.07. The first kappa shape index (κ1) is 12.1. The van der Waals surface area contributed by atoms with E-state index in [1.54, 1.807) is 6.20 Å². The number of pyridine rings is 1. The third-order valence-electron chi connectivity index (χ3n) is 2.42. The zero-order valence-corrected chi connectivity index (χ0v) is 9.07. The summed E-state index contributed by atoms with van der Waals surface area (Å²) < 4.78 is 12.9. The quantitative estimate of drug-likeness (QED) is 0.780. The minimum absolute atomic E-state index is 0.00898. The van der Waals surface area contributed by atoms with Gasteiger partial charge in [-0.2, -0.15) is 0 Å². The van der Waals surface area contributed by atoms with Gasteiger partial charge in [-0.15, -0.1) is 0 Å². The molecule has 0 saturated carbocycles. The molecule has 15 heavy (non-hydrogen) atoms. The lowest BCUT2D eigenvalue weighted by atomic mass is 10.1. The molecule has 0 aliphatic carbocycles. The number of halogens is 1. The molecule has 0 amide bonds. The first-order valence-corrected chi connectivity index (χ1v) is 5.14. The molecule has 0 aliphatic rings. The minimum Gasteiger partial charge on any atom is -0.395 e. The normalized spacial score (nSPS) is 14.9. The number of aromatic nitrogens is 1. The maximum atomic E-state index is 12.9. The molecular weight excluding hydrogens is 195 g/mol. The van der Waals surface area contributed by atoms with Gasteiger partial charge in [0.2, 0.25) is 0 Å². The van der Waals surface area contributed by atoms with Gasteiger partial charge in [0.15, 0.2) is 0 Å². The van der Waals surface area contributed by atoms with Crippen molar-refractivity contribution in [3.8, 4) is 0 Å². The highest BCUT2D eigenvalue weighted by Crippen LogP contribution is 2.13. The number of hydrogen-bond donors (Lipinski definition) is 2. The van der Waals surface area contributed by atoms with E-state index in [9.17, 15) is 4.39 Å². The molecule has 84 valence electrons. The van der Waals surface area contributed by atoms with Crippen molar-refractivity contribution in [1.82, 2.24) is 10.3 Å². The van der Waals surface area contributed by atoms with Gasteiger partial charge in [0.25, 0.3) is 0 Å². The highest BCUT2D eigenvalue weighted by molar-refractivity contribution is 5.14. The predicted molar refractivity (Wildman–Crippen MR) is 56.9 cm³/mol. The van der Waals surface area contributed by atoms with Gasteiger partial charge >= 0.3 is 0 Å². The van der Waals surface area contributed by atoms with Crippen LogP contribution in [0.1, 0.15) is 31.9 Å². The first-order chi connectivity index (χ1) is 7.17. The van der Waals surface area contributed by atoms with Crippen molar-refractivity contribution in [3.05, 3.63) is 29.8 Å². The van der Waals surface area contributed by atoms with Crippen molar-refractivity contribution in [2.24, 2.45) is 0 Å². The van der Waals surface area contributed by atoms with E-state index in [1.807, 2.05) is 13.8 Å². The molecule has 1 rings (SSSR count). The lowest BCUT2D eigenvalue weighted by molar-refractivity contribution is 0.230. The second-order valence-corrected chi connectivity index (χ2v) is 3.61. The monoisotopic (exact) mass is 212 g/mol. The van der Waals surface area contributed by atoms with Crippen LogP contribution in [0.5, 0.6) is 0 Å². The van der Waals surface area contributed by atoms with Crippen molar-refractivity contribution in [3.63, 3.8) is 0 Å². The molecule has 0 aliphatic heterocycles. The first-order valence-electron chi connectivity index (χ1n) is 5.14. The molecule has 0 saturated heterocycles. The molecule has 0 bridgehead atoms. The number of aliphatic hydroxyl groups excluding tert-OH is 1. The number of hydrogen-bond acceptors (Lipinski definition) is 3. The molecule has 0 fully saturated rings. The molecule has 2 N–H and O–H groups in total. The fourth-order valence-electron chi connectivity index (χ4n) is 1.41. The van der Waals surface area contributed by atoms with E-state index in [0.29, 0.717) is 0 Å². The van der Waals surface area contributed by atoms with Crippen molar-refractivity contribution in [2.45, 2.75) is 32.4 Å². The topological polar surface area (TPSA) is 45.1 Å². The summed E-state index contributed by atoms with van der Waals surface area (Å²) >= 11 is 0. The molecule has 1 aromatic heterocycles. The molecular formula is C11H17FN2O. The van der Waals surface area contributed by atoms with Crippen LogP contribution >= 0.6 is 0 Å². The Morgan fingerprint density at radius 3 is 2.80 bits per heavy atom. The fraction of sp³-hybridized carbons (Fsp3) is 0.545. The van der Waals surface area contributed by atoms with Crippen LogP contribution in [0, 0.1) is 5.82 Å². The van der Waals surface area contributed by atoms with E-state index in [2.05, 4.69) is 10.3 Å². The van der Waals surface area contributed by atoms with E-state index in [0.717, 1.165) is 12.0 Å². The summed E-state index contributed by atoms with van der Waals surface area (Å²) in [6.07, 6.45) is 3.65. The molecule has 4 heteroatoms. The predicted octanol–water partition coefficient (Wildman–Crippen LogP) is 1.64. The van der Waals surface area contributed by atoms with Crippen molar-refractivity contribution >= 4 is 0 Å². The van der Waals surface area contributed by atoms with Crippen LogP contribution in [0.2, 0.25) is 0 Å². The average molecular weight is 212 g/mol. The Labute approximate surface area is 89.4 Å². The van der Waals surface area contributed by atoms with E-state index in [-0.39, 0.29) is 24.5 Å². The van der Waals surface area contributed by atoms with Crippen LogP contribution in [-0.2, 0) is 0 Å². The SMILES string of the molecule is CC[C@@H](CO)NC(C)c1cncc(F)c1. The Balaban J connectivity index is 2.64. The third-order valence-corrected chi connectivity index (χ3v) is 2.42. The van der Waals surface area contributed by atoms with Gasteiger partial charge in [-0.1, -0.05) is 6.92 Å². The maximum absolute atomic E-state index is 12.9. The highest BCUT2D eigenvalue weighted by Gasteiger charge is 2.11. The number of aliphatic hydroxyl groups is 1. The molecule has 1 aromatic rings. The van der Waals surface area contributed by atoms with Gasteiger partial charge in [-0.05, 0) is 25.0 Å². The molecule has 0 radical (unpaired) electrons. The Hall–Kier alpha value is -1.00. The zero-order chi connectivity index (χ0) is 11.3. The van der Waals surface area contributed by atoms with Crippen LogP contribution in [0.25, 0.3) is 0 Å². The van der Waals surface area contributed by atoms with Gasteiger partial charge in [0, 0.05) is 18.3 Å². The van der Waals surface area contributed by atoms with E-state index < -0.39 is 0 Å². The van der Waals surface area contributed by atoms with Crippen LogP contribution in [0.15, 0.2) is 18.5 Å².